The Kier molecular flexibility index (Phi) is 3.55. The van der Waals surface area contributed by atoms with Gasteiger partial charge in [-0.05, 0) is 31.1 Å². The SMILES string of the molecule is NC1(c2noc(/C=C/c3c(F)cccc3F)n2)CCCC1. The molecule has 1 saturated carbocycles. The van der Waals surface area contributed by atoms with E-state index in [-0.39, 0.29) is 11.5 Å². The second kappa shape index (κ2) is 5.37. The average Bonchev–Trinajstić information content (AvgIpc) is 3.08. The molecule has 2 N–H and O–H groups in total. The zero-order valence-electron chi connectivity index (χ0n) is 11.4. The molecule has 1 aliphatic carbocycles. The zero-order valence-corrected chi connectivity index (χ0v) is 11.4. The lowest BCUT2D eigenvalue weighted by molar-refractivity contribution is 0.364. The second-order valence-electron chi connectivity index (χ2n) is 5.29. The van der Waals surface area contributed by atoms with E-state index in [1.807, 2.05) is 0 Å². The number of hydrogen-bond donors (Lipinski definition) is 1. The lowest BCUT2D eigenvalue weighted by atomic mass is 9.99. The van der Waals surface area contributed by atoms with Gasteiger partial charge in [0.1, 0.15) is 11.6 Å². The van der Waals surface area contributed by atoms with Crippen LogP contribution in [-0.2, 0) is 5.54 Å². The first-order valence-electron chi connectivity index (χ1n) is 6.84. The molecule has 1 aliphatic rings. The highest BCUT2D eigenvalue weighted by Gasteiger charge is 2.35. The number of halogens is 2. The molecule has 2 aromatic rings. The lowest BCUT2D eigenvalue weighted by Crippen LogP contribution is -2.34. The Morgan fingerprint density at radius 2 is 1.81 bits per heavy atom. The minimum absolute atomic E-state index is 0.138. The monoisotopic (exact) mass is 291 g/mol. The summed E-state index contributed by atoms with van der Waals surface area (Å²) in [5.41, 5.74) is 5.54. The minimum atomic E-state index is -0.642. The van der Waals surface area contributed by atoms with E-state index in [1.165, 1.54) is 30.4 Å². The maximum Gasteiger partial charge on any atom is 0.250 e. The van der Waals surface area contributed by atoms with Gasteiger partial charge in [-0.25, -0.2) is 8.78 Å². The van der Waals surface area contributed by atoms with Crippen LogP contribution in [0.2, 0.25) is 0 Å². The first-order chi connectivity index (χ1) is 10.1. The Morgan fingerprint density at radius 3 is 2.48 bits per heavy atom. The Balaban J connectivity index is 1.83. The molecule has 0 amide bonds. The Hall–Kier alpha value is -2.08. The van der Waals surface area contributed by atoms with Gasteiger partial charge < -0.3 is 10.3 Å². The largest absolute Gasteiger partial charge is 0.335 e. The van der Waals surface area contributed by atoms with E-state index in [0.717, 1.165) is 25.7 Å². The van der Waals surface area contributed by atoms with Gasteiger partial charge in [0, 0.05) is 11.6 Å². The normalized spacial score (nSPS) is 17.7. The molecule has 0 saturated heterocycles. The van der Waals surface area contributed by atoms with Gasteiger partial charge >= 0.3 is 0 Å². The number of hydrogen-bond acceptors (Lipinski definition) is 4. The van der Waals surface area contributed by atoms with E-state index in [0.29, 0.717) is 5.82 Å². The van der Waals surface area contributed by atoms with Crippen LogP contribution in [0.25, 0.3) is 12.2 Å². The molecule has 0 aliphatic heterocycles. The second-order valence-corrected chi connectivity index (χ2v) is 5.29. The number of nitrogens with two attached hydrogens (primary N) is 1. The minimum Gasteiger partial charge on any atom is -0.335 e. The standard InChI is InChI=1S/C15H15F2N3O/c16-11-4-3-5-12(17)10(11)6-7-13-19-14(20-21-13)15(18)8-1-2-9-15/h3-7H,1-2,8-9,18H2/b7-6+. The third-order valence-electron chi connectivity index (χ3n) is 3.78. The van der Waals surface area contributed by atoms with Gasteiger partial charge in [-0.2, -0.15) is 4.98 Å². The summed E-state index contributed by atoms with van der Waals surface area (Å²) in [7, 11) is 0. The van der Waals surface area contributed by atoms with Crippen molar-refractivity contribution in [2.24, 2.45) is 5.73 Å². The molecule has 3 rings (SSSR count). The van der Waals surface area contributed by atoms with Crippen LogP contribution in [0, 0.1) is 11.6 Å². The molecular formula is C15H15F2N3O. The molecule has 1 fully saturated rings. The number of aromatic nitrogens is 2. The van der Waals surface area contributed by atoms with Crippen molar-refractivity contribution < 1.29 is 13.3 Å². The Bertz CT molecular complexity index is 655. The van der Waals surface area contributed by atoms with Gasteiger partial charge in [0.05, 0.1) is 5.54 Å². The third kappa shape index (κ3) is 2.71. The molecule has 21 heavy (non-hydrogen) atoms. The molecule has 1 aromatic carbocycles. The lowest BCUT2D eigenvalue weighted by Gasteiger charge is -2.17. The van der Waals surface area contributed by atoms with E-state index >= 15 is 0 Å². The van der Waals surface area contributed by atoms with Gasteiger partial charge in [-0.3, -0.25) is 0 Å². The topological polar surface area (TPSA) is 64.9 Å². The molecule has 110 valence electrons. The van der Waals surface area contributed by atoms with E-state index in [4.69, 9.17) is 10.3 Å². The third-order valence-corrected chi connectivity index (χ3v) is 3.78. The zero-order chi connectivity index (χ0) is 14.9. The van der Waals surface area contributed by atoms with Gasteiger partial charge in [0.15, 0.2) is 5.82 Å². The van der Waals surface area contributed by atoms with Crippen molar-refractivity contribution in [2.45, 2.75) is 31.2 Å². The van der Waals surface area contributed by atoms with E-state index in [1.54, 1.807) is 0 Å². The molecule has 0 atom stereocenters. The van der Waals surface area contributed by atoms with Crippen LogP contribution < -0.4 is 5.73 Å². The van der Waals surface area contributed by atoms with Crippen LogP contribution in [0.1, 0.15) is 43.0 Å². The Labute approximate surface area is 120 Å². The summed E-state index contributed by atoms with van der Waals surface area (Å²) < 4.78 is 32.0. The summed E-state index contributed by atoms with van der Waals surface area (Å²) in [5.74, 6) is -0.646. The van der Waals surface area contributed by atoms with Gasteiger partial charge in [-0.1, -0.05) is 24.1 Å². The van der Waals surface area contributed by atoms with E-state index < -0.39 is 17.2 Å². The highest BCUT2D eigenvalue weighted by Crippen LogP contribution is 2.34. The van der Waals surface area contributed by atoms with E-state index in [2.05, 4.69) is 10.1 Å². The predicted molar refractivity (Wildman–Crippen MR) is 73.9 cm³/mol. The van der Waals surface area contributed by atoms with Crippen LogP contribution >= 0.6 is 0 Å². The quantitative estimate of drug-likeness (QED) is 0.942. The maximum atomic E-state index is 13.5. The van der Waals surface area contributed by atoms with Gasteiger partial charge in [-0.15, -0.1) is 0 Å². The highest BCUT2D eigenvalue weighted by molar-refractivity contribution is 5.66. The summed E-state index contributed by atoms with van der Waals surface area (Å²) >= 11 is 0. The first kappa shape index (κ1) is 13.9. The summed E-state index contributed by atoms with van der Waals surface area (Å²) in [4.78, 5) is 4.20. The fraction of sp³-hybridized carbons (Fsp3) is 0.333. The summed E-state index contributed by atoms with van der Waals surface area (Å²) in [5, 5.41) is 3.88. The summed E-state index contributed by atoms with van der Waals surface area (Å²) in [6, 6.07) is 3.69. The Morgan fingerprint density at radius 1 is 1.14 bits per heavy atom. The van der Waals surface area contributed by atoms with Gasteiger partial charge in [0.2, 0.25) is 0 Å². The van der Waals surface area contributed by atoms with Crippen LogP contribution in [0.4, 0.5) is 8.78 Å². The molecule has 6 heteroatoms. The highest BCUT2D eigenvalue weighted by atomic mass is 19.1. The molecule has 0 spiro atoms. The number of nitrogens with zero attached hydrogens (tertiary/aromatic N) is 2. The van der Waals surface area contributed by atoms with Crippen molar-refractivity contribution in [2.75, 3.05) is 0 Å². The maximum absolute atomic E-state index is 13.5. The summed E-state index contributed by atoms with van der Waals surface area (Å²) in [6.07, 6.45) is 6.37. The van der Waals surface area contributed by atoms with Crippen LogP contribution in [0.3, 0.4) is 0 Å². The van der Waals surface area contributed by atoms with Crippen LogP contribution in [0.15, 0.2) is 22.7 Å². The predicted octanol–water partition coefficient (Wildman–Crippen LogP) is 3.25. The fourth-order valence-corrected chi connectivity index (χ4v) is 2.56. The van der Waals surface area contributed by atoms with Crippen molar-refractivity contribution in [1.82, 2.24) is 10.1 Å². The van der Waals surface area contributed by atoms with Gasteiger partial charge in [0.25, 0.3) is 5.89 Å². The van der Waals surface area contributed by atoms with Crippen molar-refractivity contribution in [3.05, 3.63) is 47.1 Å². The molecule has 1 heterocycles. The van der Waals surface area contributed by atoms with Crippen molar-refractivity contribution >= 4 is 12.2 Å². The smallest absolute Gasteiger partial charge is 0.250 e. The molecule has 4 nitrogen and oxygen atoms in total. The van der Waals surface area contributed by atoms with E-state index in [9.17, 15) is 8.78 Å². The fourth-order valence-electron chi connectivity index (χ4n) is 2.56. The molecule has 1 aromatic heterocycles. The molecule has 0 bridgehead atoms. The van der Waals surface area contributed by atoms with Crippen molar-refractivity contribution in [3.63, 3.8) is 0 Å². The molecule has 0 radical (unpaired) electrons. The molecular weight excluding hydrogens is 276 g/mol. The summed E-state index contributed by atoms with van der Waals surface area (Å²) in [6.45, 7) is 0. The van der Waals surface area contributed by atoms with Crippen LogP contribution in [0.5, 0.6) is 0 Å². The van der Waals surface area contributed by atoms with Crippen LogP contribution in [-0.4, -0.2) is 10.1 Å². The van der Waals surface area contributed by atoms with Crippen molar-refractivity contribution in [3.8, 4) is 0 Å². The average molecular weight is 291 g/mol. The number of benzene rings is 1. The molecule has 0 unspecified atom stereocenters. The van der Waals surface area contributed by atoms with Crippen molar-refractivity contribution in [1.29, 1.82) is 0 Å². The number of rotatable bonds is 3. The first-order valence-corrected chi connectivity index (χ1v) is 6.84.